The number of carbonyl (C=O) groups excluding carboxylic acids is 1. The van der Waals surface area contributed by atoms with Crippen molar-refractivity contribution >= 4 is 34.5 Å². The van der Waals surface area contributed by atoms with Crippen molar-refractivity contribution < 1.29 is 13.9 Å². The number of anilines is 2. The number of hydrogen-bond donors (Lipinski definition) is 2. The molecule has 0 aliphatic carbocycles. The highest BCUT2D eigenvalue weighted by molar-refractivity contribution is 8.13. The van der Waals surface area contributed by atoms with Crippen LogP contribution in [0.25, 0.3) is 0 Å². The van der Waals surface area contributed by atoms with E-state index in [1.54, 1.807) is 6.07 Å². The average Bonchev–Trinajstić information content (AvgIpc) is 3.24. The Bertz CT molecular complexity index is 1240. The van der Waals surface area contributed by atoms with Gasteiger partial charge in [0, 0.05) is 23.9 Å². The van der Waals surface area contributed by atoms with Crippen LogP contribution in [0.2, 0.25) is 0 Å². The smallest absolute Gasteiger partial charge is 0.275 e. The molecule has 5 rings (SSSR count). The molecule has 0 unspecified atom stereocenters. The molecule has 0 saturated carbocycles. The molecule has 2 atom stereocenters. The van der Waals surface area contributed by atoms with E-state index < -0.39 is 17.3 Å². The number of halogens is 1. The molecule has 12 heteroatoms. The third-order valence-electron chi connectivity index (χ3n) is 5.87. The number of nitrogens with two attached hydrogens (primary N) is 1. The molecule has 1 aromatic carbocycles. The minimum absolute atomic E-state index is 0.122. The number of rotatable bonds is 5. The van der Waals surface area contributed by atoms with Gasteiger partial charge in [0.2, 0.25) is 11.8 Å². The summed E-state index contributed by atoms with van der Waals surface area (Å²) >= 11 is 1.51. The molecule has 2 aliphatic rings. The zero-order valence-corrected chi connectivity index (χ0v) is 19.0. The van der Waals surface area contributed by atoms with Crippen LogP contribution in [0.4, 0.5) is 16.0 Å². The molecule has 3 aromatic rings. The lowest BCUT2D eigenvalue weighted by Gasteiger charge is -2.34. The first kappa shape index (κ1) is 22.0. The number of thioether (sulfide) groups is 1. The number of benzene rings is 1. The van der Waals surface area contributed by atoms with Crippen molar-refractivity contribution in [2.75, 3.05) is 36.2 Å². The number of ether oxygens (including phenoxy) is 1. The van der Waals surface area contributed by atoms with Crippen LogP contribution in [0.15, 0.2) is 54.0 Å². The number of amides is 1. The summed E-state index contributed by atoms with van der Waals surface area (Å²) in [7, 11) is 1.48. The Morgan fingerprint density at radius 2 is 2.06 bits per heavy atom. The minimum Gasteiger partial charge on any atom is -0.480 e. The van der Waals surface area contributed by atoms with Gasteiger partial charge in [-0.1, -0.05) is 23.9 Å². The summed E-state index contributed by atoms with van der Waals surface area (Å²) in [6, 6.07) is 7.52. The van der Waals surface area contributed by atoms with Crippen LogP contribution in [-0.2, 0) is 5.54 Å². The van der Waals surface area contributed by atoms with Gasteiger partial charge in [-0.3, -0.25) is 4.79 Å². The molecule has 1 amide bonds. The highest BCUT2D eigenvalue weighted by atomic mass is 32.2. The number of aromatic nitrogens is 4. The van der Waals surface area contributed by atoms with Crippen molar-refractivity contribution in [2.24, 2.45) is 16.6 Å². The van der Waals surface area contributed by atoms with E-state index in [-0.39, 0.29) is 11.6 Å². The van der Waals surface area contributed by atoms with Crippen molar-refractivity contribution in [2.45, 2.75) is 5.54 Å². The van der Waals surface area contributed by atoms with Gasteiger partial charge in [-0.2, -0.15) is 0 Å². The zero-order valence-electron chi connectivity index (χ0n) is 18.2. The average molecular weight is 481 g/mol. The quantitative estimate of drug-likeness (QED) is 0.563. The fourth-order valence-electron chi connectivity index (χ4n) is 4.25. The lowest BCUT2D eigenvalue weighted by Crippen LogP contribution is -2.40. The predicted octanol–water partition coefficient (Wildman–Crippen LogP) is 2.06. The minimum atomic E-state index is -0.645. The molecule has 3 N–H and O–H groups in total. The monoisotopic (exact) mass is 480 g/mol. The van der Waals surface area contributed by atoms with Gasteiger partial charge in [-0.15, -0.1) is 0 Å². The summed E-state index contributed by atoms with van der Waals surface area (Å²) in [6.07, 6.45) is 5.05. The van der Waals surface area contributed by atoms with Crippen molar-refractivity contribution in [3.8, 4) is 5.88 Å². The van der Waals surface area contributed by atoms with E-state index in [2.05, 4.69) is 25.3 Å². The second-order valence-corrected chi connectivity index (χ2v) is 8.98. The van der Waals surface area contributed by atoms with Gasteiger partial charge in [-0.05, 0) is 17.7 Å². The number of amidine groups is 1. The number of hydrogen-bond acceptors (Lipinski definition) is 10. The largest absolute Gasteiger partial charge is 0.480 e. The van der Waals surface area contributed by atoms with Crippen LogP contribution in [0.5, 0.6) is 5.88 Å². The van der Waals surface area contributed by atoms with Gasteiger partial charge in [0.05, 0.1) is 38.4 Å². The van der Waals surface area contributed by atoms with Crippen molar-refractivity contribution in [1.82, 2.24) is 19.9 Å². The highest BCUT2D eigenvalue weighted by Gasteiger charge is 2.50. The Morgan fingerprint density at radius 3 is 2.79 bits per heavy atom. The number of nitrogens with zero attached hydrogens (tertiary/aromatic N) is 6. The van der Waals surface area contributed by atoms with E-state index in [1.807, 2.05) is 23.1 Å². The standard InChI is InChI=1S/C22H21FN8O2S/c1-33-18-9-25-17(8-26-18)19(32)29-16-4-2-3-13(5-16)22-12-31(21-27-6-15(23)7-28-21)10-14(22)11-34-20(24)30-22/h2-9,14H,10-12H2,1H3,(H2,24,30)(H,29,32)/t14-,22+/m0/s1. The molecule has 10 nitrogen and oxygen atoms in total. The molecule has 1 saturated heterocycles. The lowest BCUT2D eigenvalue weighted by molar-refractivity contribution is 0.102. The third-order valence-corrected chi connectivity index (χ3v) is 6.83. The van der Waals surface area contributed by atoms with Gasteiger partial charge in [0.15, 0.2) is 11.0 Å². The maximum atomic E-state index is 13.3. The second kappa shape index (κ2) is 8.86. The Kier molecular flexibility index (Phi) is 5.74. The van der Waals surface area contributed by atoms with Crippen molar-refractivity contribution in [3.63, 3.8) is 0 Å². The molecular formula is C22H21FN8O2S. The fraction of sp³-hybridized carbons (Fsp3) is 0.273. The van der Waals surface area contributed by atoms with Crippen LogP contribution in [0, 0.1) is 11.7 Å². The topological polar surface area (TPSA) is 132 Å². The molecule has 0 bridgehead atoms. The molecule has 4 heterocycles. The first-order chi connectivity index (χ1) is 16.5. The van der Waals surface area contributed by atoms with Gasteiger partial charge < -0.3 is 20.7 Å². The van der Waals surface area contributed by atoms with E-state index >= 15 is 0 Å². The number of fused-ring (bicyclic) bond motifs is 1. The van der Waals surface area contributed by atoms with Crippen molar-refractivity contribution in [1.29, 1.82) is 0 Å². The Balaban J connectivity index is 1.44. The summed E-state index contributed by atoms with van der Waals surface area (Å²) in [6.45, 7) is 1.12. The van der Waals surface area contributed by atoms with Crippen LogP contribution >= 0.6 is 11.8 Å². The summed E-state index contributed by atoms with van der Waals surface area (Å²) in [4.78, 5) is 35.9. The first-order valence-electron chi connectivity index (χ1n) is 10.5. The summed E-state index contributed by atoms with van der Waals surface area (Å²) in [5, 5.41) is 3.37. The fourth-order valence-corrected chi connectivity index (χ4v) is 5.23. The SMILES string of the molecule is COc1cnc(C(=O)Nc2cccc([C@]34CN(c5ncc(F)cn5)C[C@H]3CSC(N)=N4)c2)cn1. The molecule has 0 radical (unpaired) electrons. The molecule has 2 aliphatic heterocycles. The lowest BCUT2D eigenvalue weighted by atomic mass is 9.81. The maximum Gasteiger partial charge on any atom is 0.275 e. The summed E-state index contributed by atoms with van der Waals surface area (Å²) in [5.41, 5.74) is 7.18. The molecule has 174 valence electrons. The number of aliphatic imine (C=N–C) groups is 1. The van der Waals surface area contributed by atoms with Gasteiger partial charge in [-0.25, -0.2) is 29.3 Å². The number of carbonyl (C=O) groups is 1. The molecule has 2 aromatic heterocycles. The van der Waals surface area contributed by atoms with Gasteiger partial charge >= 0.3 is 0 Å². The predicted molar refractivity (Wildman–Crippen MR) is 126 cm³/mol. The molecule has 1 fully saturated rings. The molecule has 0 spiro atoms. The van der Waals surface area contributed by atoms with Gasteiger partial charge in [0.25, 0.3) is 5.91 Å². The second-order valence-electron chi connectivity index (χ2n) is 7.94. The van der Waals surface area contributed by atoms with Crippen LogP contribution in [0.3, 0.4) is 0 Å². The Labute approximate surface area is 198 Å². The Morgan fingerprint density at radius 1 is 1.24 bits per heavy atom. The van der Waals surface area contributed by atoms with E-state index in [0.29, 0.717) is 35.8 Å². The van der Waals surface area contributed by atoms with Crippen LogP contribution in [-0.4, -0.2) is 57.0 Å². The number of methoxy groups -OCH3 is 1. The van der Waals surface area contributed by atoms with Crippen LogP contribution in [0.1, 0.15) is 16.1 Å². The van der Waals surface area contributed by atoms with E-state index in [0.717, 1.165) is 23.7 Å². The summed E-state index contributed by atoms with van der Waals surface area (Å²) in [5.74, 6) is 0.776. The van der Waals surface area contributed by atoms with Gasteiger partial charge in [0.1, 0.15) is 11.2 Å². The molecule has 34 heavy (non-hydrogen) atoms. The highest BCUT2D eigenvalue weighted by Crippen LogP contribution is 2.46. The maximum absolute atomic E-state index is 13.3. The normalized spacial score (nSPS) is 21.5. The van der Waals surface area contributed by atoms with E-state index in [1.165, 1.54) is 31.3 Å². The Hall–Kier alpha value is -3.80. The third kappa shape index (κ3) is 4.12. The van der Waals surface area contributed by atoms with E-state index in [9.17, 15) is 9.18 Å². The number of nitrogens with one attached hydrogen (secondary N) is 1. The molecular weight excluding hydrogens is 459 g/mol. The van der Waals surface area contributed by atoms with E-state index in [4.69, 9.17) is 15.5 Å². The first-order valence-corrected chi connectivity index (χ1v) is 11.4. The van der Waals surface area contributed by atoms with Crippen LogP contribution < -0.4 is 20.7 Å². The summed E-state index contributed by atoms with van der Waals surface area (Å²) < 4.78 is 18.3. The zero-order chi connectivity index (χ0) is 23.7. The van der Waals surface area contributed by atoms with Crippen molar-refractivity contribution in [3.05, 3.63) is 66.1 Å².